The SMILES string of the molecule is O=C1CCCCN1CCCC(=O)N1CCO[C@H](Cc2ccccc2)C1. The van der Waals surface area contributed by atoms with E-state index in [0.29, 0.717) is 39.1 Å². The minimum Gasteiger partial charge on any atom is -0.374 e. The Labute approximate surface area is 149 Å². The number of likely N-dealkylation sites (tertiary alicyclic amines) is 1. The lowest BCUT2D eigenvalue weighted by atomic mass is 10.1. The first-order valence-electron chi connectivity index (χ1n) is 9.43. The van der Waals surface area contributed by atoms with Gasteiger partial charge in [-0.05, 0) is 24.8 Å². The number of morpholine rings is 1. The van der Waals surface area contributed by atoms with Crippen LogP contribution in [0.25, 0.3) is 0 Å². The number of rotatable bonds is 6. The molecule has 0 N–H and O–H groups in total. The smallest absolute Gasteiger partial charge is 0.222 e. The van der Waals surface area contributed by atoms with Crippen molar-refractivity contribution in [3.63, 3.8) is 0 Å². The fourth-order valence-corrected chi connectivity index (χ4v) is 3.62. The molecule has 136 valence electrons. The first-order valence-corrected chi connectivity index (χ1v) is 9.43. The molecule has 2 heterocycles. The number of carbonyl (C=O) groups excluding carboxylic acids is 2. The van der Waals surface area contributed by atoms with Crippen molar-refractivity contribution < 1.29 is 14.3 Å². The van der Waals surface area contributed by atoms with Crippen LogP contribution in [0.5, 0.6) is 0 Å². The van der Waals surface area contributed by atoms with Crippen molar-refractivity contribution in [3.8, 4) is 0 Å². The van der Waals surface area contributed by atoms with Gasteiger partial charge in [0.2, 0.25) is 11.8 Å². The van der Waals surface area contributed by atoms with Crippen LogP contribution in [-0.4, -0.2) is 60.5 Å². The van der Waals surface area contributed by atoms with Gasteiger partial charge < -0.3 is 14.5 Å². The van der Waals surface area contributed by atoms with E-state index in [1.807, 2.05) is 28.0 Å². The molecule has 0 aromatic heterocycles. The maximum absolute atomic E-state index is 12.5. The fourth-order valence-electron chi connectivity index (χ4n) is 3.62. The van der Waals surface area contributed by atoms with E-state index in [-0.39, 0.29) is 17.9 Å². The van der Waals surface area contributed by atoms with Gasteiger partial charge in [0.05, 0.1) is 12.7 Å². The Kier molecular flexibility index (Phi) is 6.45. The van der Waals surface area contributed by atoms with Crippen LogP contribution in [0.4, 0.5) is 0 Å². The Morgan fingerprint density at radius 3 is 2.80 bits per heavy atom. The number of benzene rings is 1. The molecule has 0 radical (unpaired) electrons. The summed E-state index contributed by atoms with van der Waals surface area (Å²) in [5.41, 5.74) is 1.24. The highest BCUT2D eigenvalue weighted by Crippen LogP contribution is 2.14. The van der Waals surface area contributed by atoms with Crippen molar-refractivity contribution in [2.75, 3.05) is 32.8 Å². The second-order valence-electron chi connectivity index (χ2n) is 6.96. The van der Waals surface area contributed by atoms with Crippen LogP contribution in [0.1, 0.15) is 37.7 Å². The van der Waals surface area contributed by atoms with Crippen LogP contribution in [0.2, 0.25) is 0 Å². The predicted octanol–water partition coefficient (Wildman–Crippen LogP) is 2.25. The number of hydrogen-bond acceptors (Lipinski definition) is 3. The van der Waals surface area contributed by atoms with Crippen LogP contribution in [0.15, 0.2) is 30.3 Å². The third-order valence-corrected chi connectivity index (χ3v) is 5.04. The Balaban J connectivity index is 1.41. The molecule has 1 atom stereocenters. The molecule has 0 aliphatic carbocycles. The van der Waals surface area contributed by atoms with Crippen LogP contribution in [0, 0.1) is 0 Å². The average molecular weight is 344 g/mol. The molecule has 2 amide bonds. The highest BCUT2D eigenvalue weighted by Gasteiger charge is 2.24. The summed E-state index contributed by atoms with van der Waals surface area (Å²) in [5.74, 6) is 0.429. The molecule has 0 bridgehead atoms. The van der Waals surface area contributed by atoms with Gasteiger partial charge in [-0.2, -0.15) is 0 Å². The molecule has 2 fully saturated rings. The molecule has 0 saturated carbocycles. The molecule has 0 unspecified atom stereocenters. The summed E-state index contributed by atoms with van der Waals surface area (Å²) in [6, 6.07) is 10.3. The quantitative estimate of drug-likeness (QED) is 0.795. The molecule has 2 aliphatic rings. The van der Waals surface area contributed by atoms with Crippen molar-refractivity contribution >= 4 is 11.8 Å². The van der Waals surface area contributed by atoms with E-state index in [9.17, 15) is 9.59 Å². The number of carbonyl (C=O) groups is 2. The summed E-state index contributed by atoms with van der Waals surface area (Å²) >= 11 is 0. The third kappa shape index (κ3) is 5.30. The van der Waals surface area contributed by atoms with Gasteiger partial charge in [0, 0.05) is 45.4 Å². The highest BCUT2D eigenvalue weighted by molar-refractivity contribution is 5.77. The lowest BCUT2D eigenvalue weighted by Gasteiger charge is -2.33. The summed E-state index contributed by atoms with van der Waals surface area (Å²) in [4.78, 5) is 28.1. The van der Waals surface area contributed by atoms with Gasteiger partial charge in [0.15, 0.2) is 0 Å². The number of piperidine rings is 1. The van der Waals surface area contributed by atoms with Gasteiger partial charge in [-0.3, -0.25) is 9.59 Å². The van der Waals surface area contributed by atoms with E-state index in [0.717, 1.165) is 32.2 Å². The maximum atomic E-state index is 12.5. The molecule has 0 spiro atoms. The van der Waals surface area contributed by atoms with Crippen molar-refractivity contribution in [1.82, 2.24) is 9.80 Å². The first-order chi connectivity index (χ1) is 12.2. The lowest BCUT2D eigenvalue weighted by molar-refractivity contribution is -0.139. The minimum absolute atomic E-state index is 0.0729. The van der Waals surface area contributed by atoms with Crippen LogP contribution >= 0.6 is 0 Å². The molecular weight excluding hydrogens is 316 g/mol. The van der Waals surface area contributed by atoms with Crippen LogP contribution in [0.3, 0.4) is 0 Å². The lowest BCUT2D eigenvalue weighted by Crippen LogP contribution is -2.46. The highest BCUT2D eigenvalue weighted by atomic mass is 16.5. The standard InChI is InChI=1S/C20H28N2O3/c23-19-9-4-5-11-21(19)12-6-10-20(24)22-13-14-25-18(16-22)15-17-7-2-1-3-8-17/h1-3,7-8,18H,4-6,9-16H2/t18-/m1/s1. The van der Waals surface area contributed by atoms with Gasteiger partial charge in [-0.25, -0.2) is 0 Å². The normalized spacial score (nSPS) is 21.4. The van der Waals surface area contributed by atoms with Crippen LogP contribution in [-0.2, 0) is 20.7 Å². The summed E-state index contributed by atoms with van der Waals surface area (Å²) in [7, 11) is 0. The molecule has 1 aromatic carbocycles. The molecular formula is C20H28N2O3. The van der Waals surface area contributed by atoms with E-state index in [4.69, 9.17) is 4.74 Å². The fraction of sp³-hybridized carbons (Fsp3) is 0.600. The van der Waals surface area contributed by atoms with Crippen LogP contribution < -0.4 is 0 Å². The zero-order valence-electron chi connectivity index (χ0n) is 14.9. The zero-order chi connectivity index (χ0) is 17.5. The molecule has 3 rings (SSSR count). The number of ether oxygens (including phenoxy) is 1. The van der Waals surface area contributed by atoms with E-state index >= 15 is 0 Å². The van der Waals surface area contributed by atoms with Crippen molar-refractivity contribution in [1.29, 1.82) is 0 Å². The number of amides is 2. The third-order valence-electron chi connectivity index (χ3n) is 5.04. The molecule has 5 nitrogen and oxygen atoms in total. The van der Waals surface area contributed by atoms with Crippen molar-refractivity contribution in [2.45, 2.75) is 44.6 Å². The van der Waals surface area contributed by atoms with Gasteiger partial charge in [0.1, 0.15) is 0 Å². The first kappa shape index (κ1) is 17.9. The van der Waals surface area contributed by atoms with Crippen molar-refractivity contribution in [2.24, 2.45) is 0 Å². The Morgan fingerprint density at radius 1 is 1.16 bits per heavy atom. The second kappa shape index (κ2) is 8.99. The molecule has 2 aliphatic heterocycles. The van der Waals surface area contributed by atoms with Gasteiger partial charge in [-0.15, -0.1) is 0 Å². The Morgan fingerprint density at radius 2 is 2.00 bits per heavy atom. The molecule has 2 saturated heterocycles. The summed E-state index contributed by atoms with van der Waals surface area (Å²) < 4.78 is 5.83. The number of hydrogen-bond donors (Lipinski definition) is 0. The van der Waals surface area contributed by atoms with Gasteiger partial charge >= 0.3 is 0 Å². The topological polar surface area (TPSA) is 49.9 Å². The molecule has 1 aromatic rings. The number of nitrogens with zero attached hydrogens (tertiary/aromatic N) is 2. The van der Waals surface area contributed by atoms with E-state index in [1.165, 1.54) is 5.56 Å². The van der Waals surface area contributed by atoms with Crippen molar-refractivity contribution in [3.05, 3.63) is 35.9 Å². The Hall–Kier alpha value is -1.88. The molecule has 25 heavy (non-hydrogen) atoms. The minimum atomic E-state index is 0.0729. The summed E-state index contributed by atoms with van der Waals surface area (Å²) in [6.45, 7) is 3.50. The van der Waals surface area contributed by atoms with E-state index in [2.05, 4.69) is 12.1 Å². The predicted molar refractivity (Wildman–Crippen MR) is 96.1 cm³/mol. The van der Waals surface area contributed by atoms with Gasteiger partial charge in [-0.1, -0.05) is 30.3 Å². The summed E-state index contributed by atoms with van der Waals surface area (Å²) in [6.07, 6.45) is 4.94. The second-order valence-corrected chi connectivity index (χ2v) is 6.96. The largest absolute Gasteiger partial charge is 0.374 e. The average Bonchev–Trinajstić information content (AvgIpc) is 2.64. The zero-order valence-corrected chi connectivity index (χ0v) is 14.9. The monoisotopic (exact) mass is 344 g/mol. The van der Waals surface area contributed by atoms with E-state index in [1.54, 1.807) is 0 Å². The summed E-state index contributed by atoms with van der Waals surface area (Å²) in [5, 5.41) is 0. The van der Waals surface area contributed by atoms with E-state index < -0.39 is 0 Å². The Bertz CT molecular complexity index is 576. The van der Waals surface area contributed by atoms with Gasteiger partial charge in [0.25, 0.3) is 0 Å². The molecule has 5 heteroatoms. The maximum Gasteiger partial charge on any atom is 0.222 e.